The summed E-state index contributed by atoms with van der Waals surface area (Å²) in [5.74, 6) is 0.533. The molecule has 2 nitrogen and oxygen atoms in total. The molecule has 0 fully saturated rings. The molecule has 0 aromatic heterocycles. The summed E-state index contributed by atoms with van der Waals surface area (Å²) in [6.07, 6.45) is 0.110. The van der Waals surface area contributed by atoms with E-state index in [1.807, 2.05) is 13.8 Å². The molecule has 0 rings (SSSR count). The van der Waals surface area contributed by atoms with Gasteiger partial charge in [-0.2, -0.15) is 12.6 Å². The number of ether oxygens (including phenoxy) is 1. The molecule has 0 aliphatic rings. The molecule has 0 aromatic carbocycles. The van der Waals surface area contributed by atoms with Crippen molar-refractivity contribution in [2.45, 2.75) is 26.0 Å². The highest BCUT2D eigenvalue weighted by Crippen LogP contribution is 1.96. The third-order valence-corrected chi connectivity index (χ3v) is 1.64. The Balaban J connectivity index is 3.62. The molecule has 0 amide bonds. The second-order valence-corrected chi connectivity index (χ2v) is 3.04. The van der Waals surface area contributed by atoms with Crippen molar-refractivity contribution in [2.75, 3.05) is 5.75 Å². The van der Waals surface area contributed by atoms with E-state index in [0.29, 0.717) is 10.8 Å². The van der Waals surface area contributed by atoms with E-state index >= 15 is 0 Å². The van der Waals surface area contributed by atoms with Crippen LogP contribution in [0.5, 0.6) is 0 Å². The van der Waals surface area contributed by atoms with Crippen molar-refractivity contribution in [3.05, 3.63) is 0 Å². The highest BCUT2D eigenvalue weighted by Gasteiger charge is 2.08. The van der Waals surface area contributed by atoms with Gasteiger partial charge in [0, 0.05) is 5.75 Å². The van der Waals surface area contributed by atoms with Crippen LogP contribution in [0.3, 0.4) is 0 Å². The van der Waals surface area contributed by atoms with Crippen molar-refractivity contribution in [2.24, 2.45) is 5.73 Å². The molecule has 0 heterocycles. The maximum Gasteiger partial charge on any atom is 0.177 e. The number of hydrogen-bond donors (Lipinski definition) is 2. The Kier molecular flexibility index (Phi) is 5.03. The molecule has 0 aromatic rings. The molecule has 0 saturated heterocycles. The van der Waals surface area contributed by atoms with Gasteiger partial charge in [0.1, 0.15) is 0 Å². The Morgan fingerprint density at radius 2 is 2.20 bits per heavy atom. The lowest BCUT2D eigenvalue weighted by Crippen LogP contribution is -2.33. The normalized spacial score (nSPS) is 13.3. The average molecular weight is 179 g/mol. The van der Waals surface area contributed by atoms with Crippen LogP contribution in [0.2, 0.25) is 0 Å². The van der Waals surface area contributed by atoms with Gasteiger partial charge in [-0.3, -0.25) is 0 Å². The molecule has 60 valence electrons. The van der Waals surface area contributed by atoms with Crippen molar-refractivity contribution in [1.82, 2.24) is 0 Å². The third kappa shape index (κ3) is 4.09. The summed E-state index contributed by atoms with van der Waals surface area (Å²) < 4.78 is 5.16. The van der Waals surface area contributed by atoms with Crippen LogP contribution in [0, 0.1) is 0 Å². The number of nitrogens with two attached hydrogens (primary N) is 1. The number of thiocarbonyl (C=S) groups is 1. The third-order valence-electron chi connectivity index (χ3n) is 0.851. The standard InChI is InChI=1S/C6H13NOS2/c1-4(2)8-6(10)5(7)3-9/h4-5,9H,3,7H2,1-2H3/t5-/m0/s1. The van der Waals surface area contributed by atoms with Crippen molar-refractivity contribution >= 4 is 29.9 Å². The van der Waals surface area contributed by atoms with Crippen molar-refractivity contribution in [3.8, 4) is 0 Å². The van der Waals surface area contributed by atoms with Crippen LogP contribution in [0.4, 0.5) is 0 Å². The van der Waals surface area contributed by atoms with Crippen LogP contribution in [-0.4, -0.2) is 22.9 Å². The van der Waals surface area contributed by atoms with Gasteiger partial charge in [-0.15, -0.1) is 0 Å². The fourth-order valence-corrected chi connectivity index (χ4v) is 0.959. The summed E-state index contributed by atoms with van der Waals surface area (Å²) in [4.78, 5) is 0. The van der Waals surface area contributed by atoms with Gasteiger partial charge in [0.05, 0.1) is 12.1 Å². The fraction of sp³-hybridized carbons (Fsp3) is 0.833. The van der Waals surface area contributed by atoms with Gasteiger partial charge in [0.15, 0.2) is 5.05 Å². The van der Waals surface area contributed by atoms with Crippen molar-refractivity contribution in [3.63, 3.8) is 0 Å². The summed E-state index contributed by atoms with van der Waals surface area (Å²) in [6, 6.07) is -0.222. The minimum absolute atomic E-state index is 0.110. The Morgan fingerprint density at radius 3 is 2.50 bits per heavy atom. The molecular formula is C6H13NOS2. The minimum Gasteiger partial charge on any atom is -0.483 e. The van der Waals surface area contributed by atoms with Gasteiger partial charge in [-0.25, -0.2) is 0 Å². The maximum absolute atomic E-state index is 5.52. The molecule has 0 unspecified atom stereocenters. The molecule has 1 atom stereocenters. The Bertz CT molecular complexity index is 116. The molecule has 0 spiro atoms. The van der Waals surface area contributed by atoms with E-state index in [-0.39, 0.29) is 12.1 Å². The van der Waals surface area contributed by atoms with Crippen LogP contribution >= 0.6 is 24.8 Å². The molecule has 4 heteroatoms. The molecule has 0 aliphatic heterocycles. The summed E-state index contributed by atoms with van der Waals surface area (Å²) in [5, 5.41) is 0.449. The fourth-order valence-electron chi connectivity index (χ4n) is 0.394. The smallest absolute Gasteiger partial charge is 0.177 e. The van der Waals surface area contributed by atoms with E-state index in [2.05, 4.69) is 12.6 Å². The highest BCUT2D eigenvalue weighted by atomic mass is 32.1. The van der Waals surface area contributed by atoms with Gasteiger partial charge in [0.2, 0.25) is 0 Å². The van der Waals surface area contributed by atoms with Crippen LogP contribution in [0.1, 0.15) is 13.8 Å². The Labute approximate surface area is 72.5 Å². The maximum atomic E-state index is 5.52. The van der Waals surface area contributed by atoms with E-state index in [1.165, 1.54) is 0 Å². The second kappa shape index (κ2) is 4.93. The highest BCUT2D eigenvalue weighted by molar-refractivity contribution is 7.81. The summed E-state index contributed by atoms with van der Waals surface area (Å²) in [5.41, 5.74) is 5.52. The van der Waals surface area contributed by atoms with E-state index < -0.39 is 0 Å². The van der Waals surface area contributed by atoms with Gasteiger partial charge < -0.3 is 10.5 Å². The summed E-state index contributed by atoms with van der Waals surface area (Å²) >= 11 is 8.84. The zero-order chi connectivity index (χ0) is 8.15. The van der Waals surface area contributed by atoms with Gasteiger partial charge in [0.25, 0.3) is 0 Å². The van der Waals surface area contributed by atoms with E-state index in [0.717, 1.165) is 0 Å². The van der Waals surface area contributed by atoms with Crippen LogP contribution in [0.25, 0.3) is 0 Å². The van der Waals surface area contributed by atoms with Crippen molar-refractivity contribution in [1.29, 1.82) is 0 Å². The predicted octanol–water partition coefficient (Wildman–Crippen LogP) is 0.996. The first-order valence-electron chi connectivity index (χ1n) is 3.15. The van der Waals surface area contributed by atoms with Gasteiger partial charge in [-0.1, -0.05) is 0 Å². The van der Waals surface area contributed by atoms with Crippen LogP contribution in [0.15, 0.2) is 0 Å². The Hall–Kier alpha value is 0.200. The molecule has 10 heavy (non-hydrogen) atoms. The lowest BCUT2D eigenvalue weighted by atomic mass is 10.4. The molecule has 0 saturated carbocycles. The first kappa shape index (κ1) is 10.2. The first-order valence-corrected chi connectivity index (χ1v) is 4.19. The molecular weight excluding hydrogens is 166 g/mol. The largest absolute Gasteiger partial charge is 0.483 e. The SMILES string of the molecule is CC(C)OC(=S)[C@@H](N)CS. The zero-order valence-corrected chi connectivity index (χ0v) is 7.91. The van der Waals surface area contributed by atoms with E-state index in [4.69, 9.17) is 22.7 Å². The molecule has 0 bridgehead atoms. The second-order valence-electron chi connectivity index (χ2n) is 2.27. The number of rotatable bonds is 3. The zero-order valence-electron chi connectivity index (χ0n) is 6.20. The lowest BCUT2D eigenvalue weighted by molar-refractivity contribution is 0.227. The summed E-state index contributed by atoms with van der Waals surface area (Å²) in [7, 11) is 0. The monoisotopic (exact) mass is 179 g/mol. The first-order chi connectivity index (χ1) is 4.57. The van der Waals surface area contributed by atoms with E-state index in [9.17, 15) is 0 Å². The quantitative estimate of drug-likeness (QED) is 0.501. The number of thiol groups is 1. The van der Waals surface area contributed by atoms with Crippen molar-refractivity contribution < 1.29 is 4.74 Å². The van der Waals surface area contributed by atoms with Gasteiger partial charge in [-0.05, 0) is 26.1 Å². The minimum atomic E-state index is -0.222. The molecule has 0 radical (unpaired) electrons. The number of hydrogen-bond acceptors (Lipinski definition) is 4. The lowest BCUT2D eigenvalue weighted by Gasteiger charge is -2.14. The summed E-state index contributed by atoms with van der Waals surface area (Å²) in [6.45, 7) is 3.83. The average Bonchev–Trinajstić information content (AvgIpc) is 1.85. The van der Waals surface area contributed by atoms with E-state index in [1.54, 1.807) is 0 Å². The van der Waals surface area contributed by atoms with Crippen LogP contribution in [-0.2, 0) is 4.74 Å². The topological polar surface area (TPSA) is 35.2 Å². The molecule has 2 N–H and O–H groups in total. The predicted molar refractivity (Wildman–Crippen MR) is 50.6 cm³/mol. The molecule has 0 aliphatic carbocycles. The van der Waals surface area contributed by atoms with Crippen LogP contribution < -0.4 is 5.73 Å². The Morgan fingerprint density at radius 1 is 1.70 bits per heavy atom. The van der Waals surface area contributed by atoms with Gasteiger partial charge >= 0.3 is 0 Å².